The third-order valence-corrected chi connectivity index (χ3v) is 2.14. The van der Waals surface area contributed by atoms with Gasteiger partial charge in [-0.25, -0.2) is 0 Å². The SMILES string of the molecule is [2H][C@@](C)(NC(=O)[C@H](C)N)P(=O)(O)O. The van der Waals surface area contributed by atoms with E-state index < -0.39 is 25.3 Å². The third-order valence-electron chi connectivity index (χ3n) is 1.15. The molecule has 0 aliphatic heterocycles. The third kappa shape index (κ3) is 3.82. The molecule has 0 heterocycles. The number of nitrogens with two attached hydrogens (primary N) is 1. The molecule has 5 N–H and O–H groups in total. The van der Waals surface area contributed by atoms with Crippen molar-refractivity contribution in [2.45, 2.75) is 25.6 Å². The lowest BCUT2D eigenvalue weighted by Crippen LogP contribution is -2.42. The smallest absolute Gasteiger partial charge is 0.341 e. The number of carbonyl (C=O) groups is 1. The molecule has 0 fully saturated rings. The molecular formula is C5H13N2O4P. The van der Waals surface area contributed by atoms with Crippen LogP contribution in [0.4, 0.5) is 0 Å². The first-order chi connectivity index (χ1) is 5.58. The molecule has 0 aliphatic rings. The lowest BCUT2D eigenvalue weighted by molar-refractivity contribution is -0.122. The van der Waals surface area contributed by atoms with E-state index in [1.807, 2.05) is 5.32 Å². The van der Waals surface area contributed by atoms with E-state index in [-0.39, 0.29) is 0 Å². The molecule has 0 bridgehead atoms. The number of amides is 1. The fourth-order valence-electron chi connectivity index (χ4n) is 0.365. The van der Waals surface area contributed by atoms with Gasteiger partial charge in [0.25, 0.3) is 0 Å². The van der Waals surface area contributed by atoms with Crippen molar-refractivity contribution < 1.29 is 20.5 Å². The number of carbonyl (C=O) groups excluding carboxylic acids is 1. The first kappa shape index (κ1) is 9.67. The predicted octanol–water partition coefficient (Wildman–Crippen LogP) is -1.03. The highest BCUT2D eigenvalue weighted by molar-refractivity contribution is 7.52. The van der Waals surface area contributed by atoms with Gasteiger partial charge >= 0.3 is 7.60 Å². The summed E-state index contributed by atoms with van der Waals surface area (Å²) in [7, 11) is -4.68. The van der Waals surface area contributed by atoms with E-state index in [1.54, 1.807) is 0 Å². The van der Waals surface area contributed by atoms with E-state index >= 15 is 0 Å². The standard InChI is InChI=1S/C5H13N2O4P/c1-3(6)5(8)7-4(2)12(9,10)11/h3-4H,6H2,1-2H3,(H,7,8)(H2,9,10,11)/t3-,4+/m0/s1/i4D. The molecule has 2 atom stereocenters. The Bertz CT molecular complexity index is 249. The van der Waals surface area contributed by atoms with Crippen LogP contribution in [0, 0.1) is 0 Å². The maximum absolute atomic E-state index is 10.9. The van der Waals surface area contributed by atoms with Gasteiger partial charge in [-0.1, -0.05) is 0 Å². The molecule has 12 heavy (non-hydrogen) atoms. The number of hydrogen-bond donors (Lipinski definition) is 4. The molecule has 0 unspecified atom stereocenters. The van der Waals surface area contributed by atoms with Crippen molar-refractivity contribution in [1.29, 1.82) is 0 Å². The van der Waals surface area contributed by atoms with Gasteiger partial charge in [0.1, 0.15) is 5.76 Å². The molecule has 0 saturated heterocycles. The summed E-state index contributed by atoms with van der Waals surface area (Å²) in [5.41, 5.74) is 5.14. The highest BCUT2D eigenvalue weighted by atomic mass is 31.2. The zero-order valence-corrected chi connectivity index (χ0v) is 7.71. The van der Waals surface area contributed by atoms with Gasteiger partial charge in [-0.2, -0.15) is 0 Å². The Kier molecular flexibility index (Phi) is 3.22. The quantitative estimate of drug-likeness (QED) is 0.432. The van der Waals surface area contributed by atoms with Crippen LogP contribution in [0.15, 0.2) is 0 Å². The zero-order chi connectivity index (χ0) is 10.9. The van der Waals surface area contributed by atoms with Crippen LogP contribution >= 0.6 is 7.60 Å². The first-order valence-corrected chi connectivity index (χ1v) is 4.82. The van der Waals surface area contributed by atoms with Gasteiger partial charge in [-0.3, -0.25) is 9.36 Å². The number of rotatable bonds is 3. The largest absolute Gasteiger partial charge is 0.347 e. The highest BCUT2D eigenvalue weighted by Gasteiger charge is 2.26. The van der Waals surface area contributed by atoms with Crippen LogP contribution in [0.3, 0.4) is 0 Å². The second kappa shape index (κ2) is 4.00. The van der Waals surface area contributed by atoms with Gasteiger partial charge in [0, 0.05) is 0 Å². The Labute approximate surface area is 71.7 Å². The normalized spacial score (nSPS) is 20.6. The van der Waals surface area contributed by atoms with Crippen LogP contribution in [0.5, 0.6) is 0 Å². The molecule has 1 amide bonds. The molecule has 0 aromatic heterocycles. The van der Waals surface area contributed by atoms with Crippen molar-refractivity contribution in [2.75, 3.05) is 0 Å². The second-order valence-corrected chi connectivity index (χ2v) is 4.17. The Balaban J connectivity index is 4.53. The van der Waals surface area contributed by atoms with E-state index in [2.05, 4.69) is 0 Å². The summed E-state index contributed by atoms with van der Waals surface area (Å²) in [5.74, 6) is -3.10. The molecule has 0 spiro atoms. The highest BCUT2D eigenvalue weighted by Crippen LogP contribution is 2.38. The van der Waals surface area contributed by atoms with Gasteiger partial charge in [0.15, 0.2) is 0 Å². The van der Waals surface area contributed by atoms with Gasteiger partial charge in [0.2, 0.25) is 5.91 Å². The maximum Gasteiger partial charge on any atom is 0.347 e. The Hall–Kier alpha value is -0.420. The van der Waals surface area contributed by atoms with E-state index in [4.69, 9.17) is 16.9 Å². The van der Waals surface area contributed by atoms with Crippen LogP contribution in [0.25, 0.3) is 0 Å². The fraction of sp³-hybridized carbons (Fsp3) is 0.800. The summed E-state index contributed by atoms with van der Waals surface area (Å²) in [6.45, 7) is 2.26. The molecule has 0 aromatic carbocycles. The lowest BCUT2D eigenvalue weighted by Gasteiger charge is -2.16. The van der Waals surface area contributed by atoms with Crippen LogP contribution in [-0.4, -0.2) is 27.5 Å². The minimum atomic E-state index is -4.68. The summed E-state index contributed by atoms with van der Waals surface area (Å²) in [6, 6.07) is -0.906. The molecule has 72 valence electrons. The minimum Gasteiger partial charge on any atom is -0.341 e. The van der Waals surface area contributed by atoms with Gasteiger partial charge in [-0.05, 0) is 13.8 Å². The molecule has 6 nitrogen and oxygen atoms in total. The van der Waals surface area contributed by atoms with E-state index in [0.29, 0.717) is 0 Å². The lowest BCUT2D eigenvalue weighted by atomic mass is 10.3. The molecule has 7 heteroatoms. The molecule has 0 aromatic rings. The van der Waals surface area contributed by atoms with E-state index in [9.17, 15) is 9.36 Å². The average molecular weight is 197 g/mol. The maximum atomic E-state index is 10.9. The molecular weight excluding hydrogens is 183 g/mol. The minimum absolute atomic E-state index is 0.777. The van der Waals surface area contributed by atoms with Crippen LogP contribution in [0.1, 0.15) is 15.2 Å². The summed E-state index contributed by atoms with van der Waals surface area (Å²) < 4.78 is 17.8. The summed E-state index contributed by atoms with van der Waals surface area (Å²) in [5, 5.41) is 1.84. The van der Waals surface area contributed by atoms with Crippen molar-refractivity contribution in [3.63, 3.8) is 0 Å². The monoisotopic (exact) mass is 197 g/mol. The topological polar surface area (TPSA) is 113 Å². The van der Waals surface area contributed by atoms with Crippen LogP contribution in [0.2, 0.25) is 0 Å². The van der Waals surface area contributed by atoms with E-state index in [0.717, 1.165) is 6.92 Å². The Morgan fingerprint density at radius 3 is 2.33 bits per heavy atom. The molecule has 0 aliphatic carbocycles. The molecule has 0 radical (unpaired) electrons. The number of hydrogen-bond acceptors (Lipinski definition) is 3. The second-order valence-electron chi connectivity index (χ2n) is 2.41. The Morgan fingerprint density at radius 1 is 1.67 bits per heavy atom. The zero-order valence-electron chi connectivity index (χ0n) is 7.81. The van der Waals surface area contributed by atoms with Crippen molar-refractivity contribution in [3.8, 4) is 0 Å². The van der Waals surface area contributed by atoms with E-state index in [1.165, 1.54) is 6.92 Å². The van der Waals surface area contributed by atoms with Crippen molar-refractivity contribution in [3.05, 3.63) is 0 Å². The first-order valence-electron chi connectivity index (χ1n) is 3.71. The summed E-state index contributed by atoms with van der Waals surface area (Å²) >= 11 is 0. The van der Waals surface area contributed by atoms with Crippen LogP contribution in [-0.2, 0) is 9.36 Å². The fourth-order valence-corrected chi connectivity index (χ4v) is 0.621. The van der Waals surface area contributed by atoms with Crippen molar-refractivity contribution in [2.24, 2.45) is 5.73 Å². The average Bonchev–Trinajstić information content (AvgIpc) is 1.83. The molecule has 0 saturated carbocycles. The van der Waals surface area contributed by atoms with Crippen LogP contribution < -0.4 is 11.1 Å². The summed E-state index contributed by atoms with van der Waals surface area (Å²) in [6.07, 6.45) is 0. The predicted molar refractivity (Wildman–Crippen MR) is 43.3 cm³/mol. The van der Waals surface area contributed by atoms with Gasteiger partial charge < -0.3 is 20.8 Å². The van der Waals surface area contributed by atoms with Gasteiger partial charge in [-0.15, -0.1) is 0 Å². The Morgan fingerprint density at radius 2 is 2.08 bits per heavy atom. The summed E-state index contributed by atoms with van der Waals surface area (Å²) in [4.78, 5) is 28.2. The van der Waals surface area contributed by atoms with Crippen molar-refractivity contribution >= 4 is 13.5 Å². The van der Waals surface area contributed by atoms with Gasteiger partial charge in [0.05, 0.1) is 7.41 Å². The number of nitrogens with one attached hydrogen (secondary N) is 1. The van der Waals surface area contributed by atoms with Crippen molar-refractivity contribution in [1.82, 2.24) is 5.32 Å². The molecule has 0 rings (SSSR count).